The van der Waals surface area contributed by atoms with E-state index < -0.39 is 0 Å². The van der Waals surface area contributed by atoms with Crippen molar-refractivity contribution < 1.29 is 14.4 Å². The normalized spacial score (nSPS) is 18.8. The van der Waals surface area contributed by atoms with Crippen LogP contribution in [0.2, 0.25) is 0 Å². The van der Waals surface area contributed by atoms with E-state index >= 15 is 0 Å². The number of hydrogen-bond acceptors (Lipinski definition) is 4. The maximum atomic E-state index is 11.8. The van der Waals surface area contributed by atoms with Crippen LogP contribution in [0.3, 0.4) is 0 Å². The van der Waals surface area contributed by atoms with E-state index in [-0.39, 0.29) is 5.91 Å². The van der Waals surface area contributed by atoms with Gasteiger partial charge in [0.25, 0.3) is 5.91 Å². The summed E-state index contributed by atoms with van der Waals surface area (Å²) in [5.74, 6) is 0.671. The fourth-order valence-corrected chi connectivity index (χ4v) is 3.01. The lowest BCUT2D eigenvalue weighted by Gasteiger charge is -2.11. The monoisotopic (exact) mass is 267 g/mol. The van der Waals surface area contributed by atoms with Crippen molar-refractivity contribution in [2.45, 2.75) is 23.8 Å². The Morgan fingerprint density at radius 1 is 1.56 bits per heavy atom. The van der Waals surface area contributed by atoms with Crippen LogP contribution >= 0.6 is 11.8 Å². The van der Waals surface area contributed by atoms with Crippen LogP contribution in [0.4, 0.5) is 0 Å². The molecule has 18 heavy (non-hydrogen) atoms. The SMILES string of the molecule is CONC(=O)c1ccccc1SC[C@@H]1CCCO1. The lowest BCUT2D eigenvalue weighted by Crippen LogP contribution is -2.22. The van der Waals surface area contributed by atoms with Crippen molar-refractivity contribution in [3.63, 3.8) is 0 Å². The minimum absolute atomic E-state index is 0.215. The largest absolute Gasteiger partial charge is 0.377 e. The molecular weight excluding hydrogens is 250 g/mol. The van der Waals surface area contributed by atoms with Crippen molar-refractivity contribution in [1.82, 2.24) is 5.48 Å². The van der Waals surface area contributed by atoms with Crippen LogP contribution in [0.5, 0.6) is 0 Å². The fraction of sp³-hybridized carbons (Fsp3) is 0.462. The minimum atomic E-state index is -0.215. The number of hydrogen-bond donors (Lipinski definition) is 1. The number of ether oxygens (including phenoxy) is 1. The van der Waals surface area contributed by atoms with Gasteiger partial charge in [-0.1, -0.05) is 12.1 Å². The van der Waals surface area contributed by atoms with Gasteiger partial charge < -0.3 is 4.74 Å². The summed E-state index contributed by atoms with van der Waals surface area (Å²) in [4.78, 5) is 17.4. The molecule has 1 aliphatic rings. The standard InChI is InChI=1S/C13H17NO3S/c1-16-14-13(15)11-6-2-3-7-12(11)18-9-10-5-4-8-17-10/h2-3,6-7,10H,4-5,8-9H2,1H3,(H,14,15)/t10-/m0/s1. The van der Waals surface area contributed by atoms with Crippen LogP contribution in [0, 0.1) is 0 Å². The van der Waals surface area contributed by atoms with Gasteiger partial charge in [-0.25, -0.2) is 5.48 Å². The van der Waals surface area contributed by atoms with E-state index in [1.807, 2.05) is 18.2 Å². The third kappa shape index (κ3) is 3.48. The maximum Gasteiger partial charge on any atom is 0.275 e. The molecule has 5 heteroatoms. The van der Waals surface area contributed by atoms with Crippen LogP contribution in [0.25, 0.3) is 0 Å². The smallest absolute Gasteiger partial charge is 0.275 e. The molecule has 1 fully saturated rings. The molecule has 2 rings (SSSR count). The van der Waals surface area contributed by atoms with Crippen molar-refractivity contribution in [3.8, 4) is 0 Å². The highest BCUT2D eigenvalue weighted by atomic mass is 32.2. The average molecular weight is 267 g/mol. The van der Waals surface area contributed by atoms with Gasteiger partial charge in [0.15, 0.2) is 0 Å². The van der Waals surface area contributed by atoms with Crippen molar-refractivity contribution >= 4 is 17.7 Å². The first-order valence-corrected chi connectivity index (χ1v) is 6.96. The molecule has 1 saturated heterocycles. The highest BCUT2D eigenvalue weighted by Gasteiger charge is 2.17. The zero-order chi connectivity index (χ0) is 12.8. The molecule has 1 atom stereocenters. The van der Waals surface area contributed by atoms with Crippen LogP contribution in [0.15, 0.2) is 29.2 Å². The minimum Gasteiger partial charge on any atom is -0.377 e. The van der Waals surface area contributed by atoms with Gasteiger partial charge in [-0.3, -0.25) is 9.63 Å². The van der Waals surface area contributed by atoms with Gasteiger partial charge in [-0.15, -0.1) is 11.8 Å². The van der Waals surface area contributed by atoms with Crippen LogP contribution in [0.1, 0.15) is 23.2 Å². The Morgan fingerprint density at radius 3 is 3.11 bits per heavy atom. The summed E-state index contributed by atoms with van der Waals surface area (Å²) in [6, 6.07) is 7.53. The van der Waals surface area contributed by atoms with Gasteiger partial charge in [0.2, 0.25) is 0 Å². The second kappa shape index (κ2) is 6.78. The van der Waals surface area contributed by atoms with E-state index in [1.54, 1.807) is 17.8 Å². The molecule has 1 aliphatic heterocycles. The Balaban J connectivity index is 2.00. The lowest BCUT2D eigenvalue weighted by atomic mass is 10.2. The number of hydroxylamine groups is 1. The Morgan fingerprint density at radius 2 is 2.39 bits per heavy atom. The Kier molecular flexibility index (Phi) is 5.04. The topological polar surface area (TPSA) is 47.6 Å². The summed E-state index contributed by atoms with van der Waals surface area (Å²) in [5, 5.41) is 0. The summed E-state index contributed by atoms with van der Waals surface area (Å²) in [7, 11) is 1.43. The molecule has 0 bridgehead atoms. The molecule has 1 aromatic carbocycles. The molecule has 0 radical (unpaired) electrons. The van der Waals surface area contributed by atoms with Gasteiger partial charge >= 0.3 is 0 Å². The first-order valence-electron chi connectivity index (χ1n) is 5.98. The zero-order valence-electron chi connectivity index (χ0n) is 10.3. The molecular formula is C13H17NO3S. The molecule has 1 aromatic rings. The van der Waals surface area contributed by atoms with E-state index in [0.717, 1.165) is 30.1 Å². The van der Waals surface area contributed by atoms with E-state index in [2.05, 4.69) is 10.3 Å². The van der Waals surface area contributed by atoms with E-state index in [1.165, 1.54) is 7.11 Å². The molecule has 1 heterocycles. The second-order valence-corrected chi connectivity index (χ2v) is 5.14. The van der Waals surface area contributed by atoms with Crippen LogP contribution in [-0.2, 0) is 9.57 Å². The Labute approximate surface area is 111 Å². The summed E-state index contributed by atoms with van der Waals surface area (Å²) in [6.45, 7) is 0.858. The number of rotatable bonds is 5. The zero-order valence-corrected chi connectivity index (χ0v) is 11.2. The number of nitrogens with one attached hydrogen (secondary N) is 1. The van der Waals surface area contributed by atoms with Crippen LogP contribution < -0.4 is 5.48 Å². The summed E-state index contributed by atoms with van der Waals surface area (Å²) in [6.07, 6.45) is 2.56. The lowest BCUT2D eigenvalue weighted by molar-refractivity contribution is 0.0534. The van der Waals surface area contributed by atoms with E-state index in [0.29, 0.717) is 11.7 Å². The first kappa shape index (κ1) is 13.4. The van der Waals surface area contributed by atoms with Crippen LogP contribution in [-0.4, -0.2) is 31.5 Å². The molecule has 1 N–H and O–H groups in total. The van der Waals surface area contributed by atoms with E-state index in [9.17, 15) is 4.79 Å². The van der Waals surface area contributed by atoms with Gasteiger partial charge in [-0.2, -0.15) is 0 Å². The highest BCUT2D eigenvalue weighted by molar-refractivity contribution is 7.99. The van der Waals surface area contributed by atoms with Crippen molar-refractivity contribution in [3.05, 3.63) is 29.8 Å². The summed E-state index contributed by atoms with van der Waals surface area (Å²) >= 11 is 1.66. The molecule has 0 saturated carbocycles. The van der Waals surface area contributed by atoms with Crippen molar-refractivity contribution in [1.29, 1.82) is 0 Å². The van der Waals surface area contributed by atoms with Crippen molar-refractivity contribution in [2.24, 2.45) is 0 Å². The van der Waals surface area contributed by atoms with Crippen molar-refractivity contribution in [2.75, 3.05) is 19.5 Å². The quantitative estimate of drug-likeness (QED) is 0.656. The predicted molar refractivity (Wildman–Crippen MR) is 70.6 cm³/mol. The molecule has 0 unspecified atom stereocenters. The fourth-order valence-electron chi connectivity index (χ4n) is 1.89. The number of carbonyl (C=O) groups excluding carboxylic acids is 1. The summed E-state index contributed by atoms with van der Waals surface area (Å²) in [5.41, 5.74) is 2.99. The summed E-state index contributed by atoms with van der Waals surface area (Å²) < 4.78 is 5.58. The molecule has 98 valence electrons. The number of thioether (sulfide) groups is 1. The van der Waals surface area contributed by atoms with Gasteiger partial charge in [0.05, 0.1) is 18.8 Å². The second-order valence-electron chi connectivity index (χ2n) is 4.08. The third-order valence-electron chi connectivity index (χ3n) is 2.78. The van der Waals surface area contributed by atoms with Gasteiger partial charge in [0, 0.05) is 17.3 Å². The highest BCUT2D eigenvalue weighted by Crippen LogP contribution is 2.26. The Bertz CT molecular complexity index is 405. The molecule has 0 aromatic heterocycles. The number of carbonyl (C=O) groups is 1. The molecule has 0 spiro atoms. The number of amides is 1. The Hall–Kier alpha value is -1.04. The maximum absolute atomic E-state index is 11.8. The first-order chi connectivity index (χ1) is 8.81. The van der Waals surface area contributed by atoms with E-state index in [4.69, 9.17) is 4.74 Å². The molecule has 0 aliphatic carbocycles. The molecule has 1 amide bonds. The average Bonchev–Trinajstić information content (AvgIpc) is 2.90. The number of benzene rings is 1. The third-order valence-corrected chi connectivity index (χ3v) is 3.98. The molecule has 4 nitrogen and oxygen atoms in total. The van der Waals surface area contributed by atoms with Gasteiger partial charge in [0.1, 0.15) is 0 Å². The van der Waals surface area contributed by atoms with Gasteiger partial charge in [-0.05, 0) is 25.0 Å². The predicted octanol–water partition coefficient (Wildman–Crippen LogP) is 2.25.